The summed E-state index contributed by atoms with van der Waals surface area (Å²) in [5, 5.41) is 9.25. The zero-order valence-corrected chi connectivity index (χ0v) is 38.0. The summed E-state index contributed by atoms with van der Waals surface area (Å²) >= 11 is 6.60. The van der Waals surface area contributed by atoms with Gasteiger partial charge in [-0.3, -0.25) is 34.2 Å². The number of hydrogen-bond donors (Lipinski definition) is 3. The van der Waals surface area contributed by atoms with Gasteiger partial charge < -0.3 is 39.4 Å². The first kappa shape index (κ1) is 44.0. The van der Waals surface area contributed by atoms with E-state index in [4.69, 9.17) is 26.1 Å². The fourth-order valence-corrected chi connectivity index (χ4v) is 10.8. The first-order chi connectivity index (χ1) is 31.8. The van der Waals surface area contributed by atoms with Crippen molar-refractivity contribution in [3.63, 3.8) is 0 Å². The fourth-order valence-electron chi connectivity index (χ4n) is 10.7. The Morgan fingerprint density at radius 3 is 2.53 bits per heavy atom. The predicted molar refractivity (Wildman–Crippen MR) is 245 cm³/mol. The molecule has 19 heteroatoms. The maximum atomic E-state index is 16.0. The van der Waals surface area contributed by atoms with Gasteiger partial charge in [0.05, 0.1) is 36.2 Å². The molecule has 1 aliphatic carbocycles. The summed E-state index contributed by atoms with van der Waals surface area (Å²) in [6.07, 6.45) is 7.15. The van der Waals surface area contributed by atoms with Gasteiger partial charge in [-0.2, -0.15) is 4.98 Å². The summed E-state index contributed by atoms with van der Waals surface area (Å²) in [5.74, 6) is -0.835. The number of anilines is 4. The largest absolute Gasteiger partial charge is 0.478 e. The summed E-state index contributed by atoms with van der Waals surface area (Å²) in [6, 6.07) is 10.2. The van der Waals surface area contributed by atoms with Crippen molar-refractivity contribution in [1.29, 1.82) is 0 Å². The number of nitrogens with zero attached hydrogens (tertiary/aromatic N) is 7. The van der Waals surface area contributed by atoms with Gasteiger partial charge in [0.2, 0.25) is 17.8 Å². The summed E-state index contributed by atoms with van der Waals surface area (Å²) < 4.78 is 29.9. The Balaban J connectivity index is 0.691. The Hall–Kier alpha value is -5.85. The van der Waals surface area contributed by atoms with E-state index in [2.05, 4.69) is 35.6 Å². The van der Waals surface area contributed by atoms with Crippen molar-refractivity contribution < 1.29 is 33.0 Å². The second-order valence-electron chi connectivity index (χ2n) is 19.0. The molecule has 1 atom stereocenters. The number of hydrogen-bond acceptors (Lipinski definition) is 13. The van der Waals surface area contributed by atoms with Gasteiger partial charge in [-0.25, -0.2) is 9.37 Å². The lowest BCUT2D eigenvalue weighted by Crippen LogP contribution is -2.59. The Kier molecular flexibility index (Phi) is 11.6. The average Bonchev–Trinajstić information content (AvgIpc) is 3.86. The third kappa shape index (κ3) is 8.20. The number of benzene rings is 2. The molecule has 7 heterocycles. The maximum Gasteiger partial charge on any atom is 0.293 e. The Bertz CT molecular complexity index is 2680. The number of pyridine rings is 1. The number of aromatic nitrogens is 3. The number of amides is 4. The van der Waals surface area contributed by atoms with Crippen LogP contribution < -0.4 is 36.0 Å². The molecule has 1 saturated carbocycles. The van der Waals surface area contributed by atoms with Crippen molar-refractivity contribution in [3.8, 4) is 5.75 Å². The van der Waals surface area contributed by atoms with Gasteiger partial charge in [0.25, 0.3) is 17.4 Å². The molecule has 2 aromatic carbocycles. The van der Waals surface area contributed by atoms with Crippen LogP contribution in [0.25, 0.3) is 10.9 Å². The number of ether oxygens (including phenoxy) is 2. The second kappa shape index (κ2) is 17.4. The Labute approximate surface area is 385 Å². The van der Waals surface area contributed by atoms with Crippen LogP contribution in [0.3, 0.4) is 0 Å². The Morgan fingerprint density at radius 1 is 1.00 bits per heavy atom. The lowest BCUT2D eigenvalue weighted by molar-refractivity contribution is -0.137. The molecule has 17 nitrogen and oxygen atoms in total. The molecule has 66 heavy (non-hydrogen) atoms. The third-order valence-corrected chi connectivity index (χ3v) is 14.6. The average molecular weight is 925 g/mol. The predicted octanol–water partition coefficient (Wildman–Crippen LogP) is 4.52. The van der Waals surface area contributed by atoms with Crippen LogP contribution in [-0.4, -0.2) is 125 Å². The van der Waals surface area contributed by atoms with E-state index in [9.17, 15) is 24.0 Å². The number of rotatable bonds is 12. The van der Waals surface area contributed by atoms with Gasteiger partial charge in [-0.1, -0.05) is 11.6 Å². The van der Waals surface area contributed by atoms with Gasteiger partial charge >= 0.3 is 0 Å². The van der Waals surface area contributed by atoms with Crippen molar-refractivity contribution in [3.05, 3.63) is 74.9 Å². The van der Waals surface area contributed by atoms with Crippen molar-refractivity contribution in [1.82, 2.24) is 35.0 Å². The zero-order chi connectivity index (χ0) is 46.0. The number of fused-ring (bicyclic) bond motifs is 2. The summed E-state index contributed by atoms with van der Waals surface area (Å²) in [5.41, 5.74) is 2.36. The minimum Gasteiger partial charge on any atom is -0.478 e. The van der Waals surface area contributed by atoms with Crippen LogP contribution in [0.15, 0.2) is 47.4 Å². The van der Waals surface area contributed by atoms with E-state index in [0.717, 1.165) is 82.3 Å². The first-order valence-electron chi connectivity index (χ1n) is 22.9. The molecule has 348 valence electrons. The summed E-state index contributed by atoms with van der Waals surface area (Å²) in [7, 11) is 1.51. The van der Waals surface area contributed by atoms with Crippen LogP contribution in [0.5, 0.6) is 5.75 Å². The molecule has 2 aromatic heterocycles. The number of piperidine rings is 2. The SMILES string of the molecule is CNC(=O)COc1cc2cc(Nc3nc(N4CCC(OC5CC(N6CCC7(CN(c8ccc9c(c8F)CN(C8CCC(=O)NC8=O)C9=O)C7)C6)C5)CC4)ncc3Cl)ccc2n(C(C)C)c1=O. The number of likely N-dealkylation sites (N-methyl/N-ethyl adjacent to an activating group) is 1. The van der Waals surface area contributed by atoms with Crippen LogP contribution in [0.2, 0.25) is 5.02 Å². The molecule has 3 N–H and O–H groups in total. The molecule has 6 aliphatic rings. The molecular weight excluding hydrogens is 871 g/mol. The molecule has 0 bridgehead atoms. The summed E-state index contributed by atoms with van der Waals surface area (Å²) in [4.78, 5) is 80.0. The smallest absolute Gasteiger partial charge is 0.293 e. The monoisotopic (exact) mass is 924 g/mol. The normalized spacial score (nSPS) is 23.0. The molecule has 1 spiro atoms. The second-order valence-corrected chi connectivity index (χ2v) is 19.4. The van der Waals surface area contributed by atoms with Gasteiger partial charge in [-0.05, 0) is 95.3 Å². The van der Waals surface area contributed by atoms with E-state index in [1.807, 2.05) is 32.0 Å². The minimum absolute atomic E-state index is 0.0234. The van der Waals surface area contributed by atoms with Crippen LogP contribution in [0.4, 0.5) is 27.5 Å². The molecule has 10 rings (SSSR count). The van der Waals surface area contributed by atoms with Gasteiger partial charge in [0.1, 0.15) is 11.1 Å². The first-order valence-corrected chi connectivity index (χ1v) is 23.3. The van der Waals surface area contributed by atoms with E-state index in [1.54, 1.807) is 29.0 Å². The zero-order valence-electron chi connectivity index (χ0n) is 37.3. The van der Waals surface area contributed by atoms with Crippen LogP contribution in [0, 0.1) is 11.2 Å². The van der Waals surface area contributed by atoms with Gasteiger partial charge in [0.15, 0.2) is 24.0 Å². The van der Waals surface area contributed by atoms with E-state index in [0.29, 0.717) is 45.3 Å². The number of likely N-dealkylation sites (tertiary alicyclic amines) is 1. The van der Waals surface area contributed by atoms with E-state index in [1.165, 1.54) is 11.9 Å². The quantitative estimate of drug-likeness (QED) is 0.169. The number of halogens is 2. The molecule has 4 saturated heterocycles. The van der Waals surface area contributed by atoms with Crippen molar-refractivity contribution in [2.24, 2.45) is 5.41 Å². The highest BCUT2D eigenvalue weighted by atomic mass is 35.5. The van der Waals surface area contributed by atoms with Crippen LogP contribution >= 0.6 is 11.6 Å². The highest BCUT2D eigenvalue weighted by Gasteiger charge is 2.51. The highest BCUT2D eigenvalue weighted by Crippen LogP contribution is 2.46. The third-order valence-electron chi connectivity index (χ3n) is 14.3. The molecule has 4 aromatic rings. The lowest BCUT2D eigenvalue weighted by Gasteiger charge is -2.50. The number of carbonyl (C=O) groups excluding carboxylic acids is 4. The van der Waals surface area contributed by atoms with Crippen LogP contribution in [-0.2, 0) is 25.7 Å². The standard InChI is InChI=1S/C47H54ClFN10O7/c1-26(2)59-35-6-4-28(16-27(35)17-38(45(59)64)65-22-40(61)50-3)52-42-34(48)20-51-46(54-42)55-13-10-30(11-14-55)66-31-18-29(19-31)56-15-12-47(23-56)24-57(25-47)36-7-5-32-33(41(36)49)21-58(44(32)63)37-8-9-39(60)53-43(37)62/h4-7,16-17,20,26,29-31,37H,8-15,18-19,21-25H2,1-3H3,(H,50,61)(H,51,52,54)(H,53,60,62). The topological polar surface area (TPSA) is 184 Å². The van der Waals surface area contributed by atoms with E-state index in [-0.39, 0.29) is 78.7 Å². The number of carbonyl (C=O) groups is 4. The molecule has 4 amide bonds. The van der Waals surface area contributed by atoms with Crippen molar-refractivity contribution >= 4 is 69.3 Å². The number of nitrogens with one attached hydrogen (secondary N) is 3. The van der Waals surface area contributed by atoms with Crippen LogP contribution in [0.1, 0.15) is 80.8 Å². The van der Waals surface area contributed by atoms with E-state index >= 15 is 4.39 Å². The lowest BCUT2D eigenvalue weighted by atomic mass is 9.78. The fraction of sp³-hybridized carbons (Fsp3) is 0.511. The molecule has 5 fully saturated rings. The maximum absolute atomic E-state index is 16.0. The number of imide groups is 1. The minimum atomic E-state index is -0.775. The van der Waals surface area contributed by atoms with Crippen molar-refractivity contribution in [2.45, 2.75) is 95.7 Å². The molecular formula is C47H54ClFN10O7. The van der Waals surface area contributed by atoms with Gasteiger partial charge in [-0.15, -0.1) is 0 Å². The van der Waals surface area contributed by atoms with Gasteiger partial charge in [0, 0.05) is 85.9 Å². The highest BCUT2D eigenvalue weighted by molar-refractivity contribution is 6.33. The molecule has 1 unspecified atom stereocenters. The molecule has 0 radical (unpaired) electrons. The van der Waals surface area contributed by atoms with E-state index < -0.39 is 17.8 Å². The van der Waals surface area contributed by atoms with Crippen molar-refractivity contribution in [2.75, 3.05) is 68.0 Å². The Morgan fingerprint density at radius 2 is 1.79 bits per heavy atom. The molecule has 5 aliphatic heterocycles. The summed E-state index contributed by atoms with van der Waals surface area (Å²) in [6.45, 7) is 8.59.